The molecule has 0 radical (unpaired) electrons. The first-order valence-corrected chi connectivity index (χ1v) is 18.4. The van der Waals surface area contributed by atoms with E-state index in [2.05, 4.69) is 43.3 Å². The van der Waals surface area contributed by atoms with Crippen LogP contribution in [0, 0.1) is 23.2 Å². The normalized spacial score (nSPS) is 12.3. The number of carbonyl (C=O) groups excluding carboxylic acids is 2. The average molecular weight is 703 g/mol. The number of nitrogens with zero attached hydrogens (tertiary/aromatic N) is 5. The van der Waals surface area contributed by atoms with Gasteiger partial charge in [0, 0.05) is 29.8 Å². The molecule has 0 spiro atoms. The van der Waals surface area contributed by atoms with E-state index in [-0.39, 0.29) is 28.3 Å². The fourth-order valence-electron chi connectivity index (χ4n) is 6.25. The molecule has 4 rings (SSSR count). The second-order valence-electron chi connectivity index (χ2n) is 13.1. The van der Waals surface area contributed by atoms with Gasteiger partial charge in [-0.1, -0.05) is 115 Å². The average Bonchev–Trinajstić information content (AvgIpc) is 3.18. The summed E-state index contributed by atoms with van der Waals surface area (Å²) in [5.41, 5.74) is 2.69. The molecule has 2 unspecified atom stereocenters. The Labute approximate surface area is 306 Å². The number of hydrogen-bond donors (Lipinski definition) is 2. The van der Waals surface area contributed by atoms with E-state index >= 15 is 0 Å². The third kappa shape index (κ3) is 10.0. The topological polar surface area (TPSA) is 140 Å². The van der Waals surface area contributed by atoms with Gasteiger partial charge in [0.15, 0.2) is 5.69 Å². The fourth-order valence-corrected chi connectivity index (χ4v) is 6.25. The van der Waals surface area contributed by atoms with Crippen molar-refractivity contribution in [3.05, 3.63) is 112 Å². The van der Waals surface area contributed by atoms with Gasteiger partial charge in [0.2, 0.25) is 5.88 Å². The summed E-state index contributed by atoms with van der Waals surface area (Å²) < 4.78 is 0.610. The molecule has 0 bridgehead atoms. The third-order valence-electron chi connectivity index (χ3n) is 9.46. The van der Waals surface area contributed by atoms with Crippen LogP contribution in [0.1, 0.15) is 105 Å². The molecule has 52 heavy (non-hydrogen) atoms. The number of hydrogen-bond acceptors (Lipinski definition) is 7. The zero-order valence-electron chi connectivity index (χ0n) is 30.7. The second-order valence-corrected chi connectivity index (χ2v) is 13.1. The van der Waals surface area contributed by atoms with Gasteiger partial charge in [-0.3, -0.25) is 19.8 Å². The Hall–Kier alpha value is -5.56. The van der Waals surface area contributed by atoms with Crippen molar-refractivity contribution in [3.63, 3.8) is 0 Å². The minimum Gasteiger partial charge on any atom is -0.492 e. The van der Waals surface area contributed by atoms with Crippen LogP contribution in [-0.2, 0) is 0 Å². The minimum atomic E-state index is -0.882. The molecule has 1 aromatic heterocycles. The van der Waals surface area contributed by atoms with Crippen LogP contribution in [-0.4, -0.2) is 39.6 Å². The van der Waals surface area contributed by atoms with E-state index in [0.29, 0.717) is 33.3 Å². The lowest BCUT2D eigenvalue weighted by molar-refractivity contribution is 0.0684. The van der Waals surface area contributed by atoms with E-state index in [1.165, 1.54) is 0 Å². The predicted molar refractivity (Wildman–Crippen MR) is 206 cm³/mol. The number of azo groups is 1. The van der Waals surface area contributed by atoms with Crippen molar-refractivity contribution in [1.29, 1.82) is 5.26 Å². The number of aromatic nitrogens is 1. The van der Waals surface area contributed by atoms with Gasteiger partial charge in [0.1, 0.15) is 11.6 Å². The van der Waals surface area contributed by atoms with Gasteiger partial charge in [-0.2, -0.15) is 15.1 Å². The molecule has 0 saturated heterocycles. The summed E-state index contributed by atoms with van der Waals surface area (Å²) in [4.78, 5) is 42.9. The number of benzene rings is 3. The van der Waals surface area contributed by atoms with Gasteiger partial charge >= 0.3 is 5.56 Å². The Morgan fingerprint density at radius 2 is 1.37 bits per heavy atom. The first-order valence-electron chi connectivity index (χ1n) is 18.4. The maximum absolute atomic E-state index is 14.0. The van der Waals surface area contributed by atoms with Crippen LogP contribution >= 0.6 is 0 Å². The molecule has 0 aliphatic heterocycles. The van der Waals surface area contributed by atoms with Gasteiger partial charge in [-0.15, -0.1) is 5.11 Å². The first-order chi connectivity index (χ1) is 25.3. The van der Waals surface area contributed by atoms with Gasteiger partial charge in [-0.25, -0.2) is 0 Å². The van der Waals surface area contributed by atoms with Gasteiger partial charge in [0.05, 0.1) is 5.69 Å². The molecule has 272 valence electrons. The highest BCUT2D eigenvalue weighted by atomic mass is 16.3. The quantitative estimate of drug-likeness (QED) is 0.0994. The largest absolute Gasteiger partial charge is 0.492 e. The summed E-state index contributed by atoms with van der Waals surface area (Å²) >= 11 is 0. The molecule has 10 heteroatoms. The van der Waals surface area contributed by atoms with Gasteiger partial charge < -0.3 is 10.0 Å². The molecular weight excluding hydrogens is 653 g/mol. The molecule has 0 saturated carbocycles. The molecule has 3 aromatic carbocycles. The maximum Gasteiger partial charge on any atom is 0.300 e. The Kier molecular flexibility index (Phi) is 14.9. The molecule has 0 fully saturated rings. The molecule has 2 atom stereocenters. The molecule has 1 heterocycles. The molecule has 0 aliphatic carbocycles. The zero-order chi connectivity index (χ0) is 37.5. The first kappa shape index (κ1) is 39.2. The smallest absolute Gasteiger partial charge is 0.300 e. The van der Waals surface area contributed by atoms with E-state index in [9.17, 15) is 24.8 Å². The molecular formula is C42H50N6O4. The van der Waals surface area contributed by atoms with Gasteiger partial charge in [0.25, 0.3) is 11.8 Å². The molecule has 10 nitrogen and oxygen atoms in total. The summed E-state index contributed by atoms with van der Waals surface area (Å²) in [6.07, 6.45) is 8.75. The van der Waals surface area contributed by atoms with Crippen molar-refractivity contribution in [2.75, 3.05) is 18.5 Å². The highest BCUT2D eigenvalue weighted by Gasteiger charge is 2.25. The monoisotopic (exact) mass is 702 g/mol. The number of unbranched alkanes of at least 4 members (excludes halogenated alkanes) is 2. The number of pyridine rings is 1. The standard InChI is InChI=1S/C42H50N6O4/c1-5-9-17-30(7-3)28-47(29-31(8-4)18-10-6-2)40(50)34-23-25-35(26-24-34)44-45-38-37(32-19-13-11-14-20-32)36(27-43)41(51)48(42(38)52)46-39(49)33-21-15-12-16-22-33/h11-16,19-26,30-31,51H,5-10,17-18,28-29H2,1-4H3,(H,46,49). The van der Waals surface area contributed by atoms with Crippen LogP contribution in [0.25, 0.3) is 11.1 Å². The van der Waals surface area contributed by atoms with Crippen LogP contribution < -0.4 is 11.0 Å². The van der Waals surface area contributed by atoms with Crippen LogP contribution in [0.5, 0.6) is 5.88 Å². The molecule has 2 amide bonds. The molecule has 2 N–H and O–H groups in total. The number of carbonyl (C=O) groups is 2. The third-order valence-corrected chi connectivity index (χ3v) is 9.46. The summed E-state index contributed by atoms with van der Waals surface area (Å²) in [6.45, 7) is 10.2. The van der Waals surface area contributed by atoms with Crippen LogP contribution in [0.15, 0.2) is 100.0 Å². The summed E-state index contributed by atoms with van der Waals surface area (Å²) in [7, 11) is 0. The van der Waals surface area contributed by atoms with Crippen molar-refractivity contribution < 1.29 is 14.7 Å². The number of amides is 2. The number of aromatic hydroxyl groups is 1. The van der Waals surface area contributed by atoms with E-state index in [0.717, 1.165) is 64.5 Å². The van der Waals surface area contributed by atoms with Crippen molar-refractivity contribution >= 4 is 23.2 Å². The maximum atomic E-state index is 14.0. The SMILES string of the molecule is CCCCC(CC)CN(CC(CC)CCCC)C(=O)c1ccc(N=Nc2c(-c3ccccc3)c(C#N)c(O)n(NC(=O)c3ccccc3)c2=O)cc1. The molecule has 4 aromatic rings. The van der Waals surface area contributed by atoms with Crippen LogP contribution in [0.2, 0.25) is 0 Å². The highest BCUT2D eigenvalue weighted by molar-refractivity contribution is 6.00. The lowest BCUT2D eigenvalue weighted by Crippen LogP contribution is -2.39. The second kappa shape index (κ2) is 19.7. The van der Waals surface area contributed by atoms with Crippen LogP contribution in [0.3, 0.4) is 0 Å². The van der Waals surface area contributed by atoms with Crippen molar-refractivity contribution in [2.24, 2.45) is 22.1 Å². The van der Waals surface area contributed by atoms with Crippen molar-refractivity contribution in [3.8, 4) is 23.1 Å². The number of rotatable bonds is 18. The van der Waals surface area contributed by atoms with E-state index in [1.54, 1.807) is 84.9 Å². The van der Waals surface area contributed by atoms with E-state index in [4.69, 9.17) is 0 Å². The Morgan fingerprint density at radius 3 is 1.88 bits per heavy atom. The Bertz CT molecular complexity index is 1880. The zero-order valence-corrected chi connectivity index (χ0v) is 30.7. The number of nitrogens with one attached hydrogen (secondary N) is 1. The number of nitriles is 1. The summed E-state index contributed by atoms with van der Waals surface area (Å²) in [5.74, 6) is -0.553. The van der Waals surface area contributed by atoms with E-state index in [1.807, 2.05) is 11.0 Å². The highest BCUT2D eigenvalue weighted by Crippen LogP contribution is 2.36. The van der Waals surface area contributed by atoms with E-state index < -0.39 is 17.3 Å². The Morgan fingerprint density at radius 1 is 0.808 bits per heavy atom. The van der Waals surface area contributed by atoms with Crippen molar-refractivity contribution in [1.82, 2.24) is 9.58 Å². The lowest BCUT2D eigenvalue weighted by Gasteiger charge is -2.31. The summed E-state index contributed by atoms with van der Waals surface area (Å²) in [5, 5.41) is 29.9. The fraction of sp³-hybridized carbons (Fsp3) is 0.381. The van der Waals surface area contributed by atoms with Crippen molar-refractivity contribution in [2.45, 2.75) is 79.1 Å². The lowest BCUT2D eigenvalue weighted by atomic mass is 9.95. The molecule has 0 aliphatic rings. The van der Waals surface area contributed by atoms with Gasteiger partial charge in [-0.05, 0) is 66.6 Å². The summed E-state index contributed by atoms with van der Waals surface area (Å²) in [6, 6.07) is 25.5. The minimum absolute atomic E-state index is 0.0195. The predicted octanol–water partition coefficient (Wildman–Crippen LogP) is 9.77. The van der Waals surface area contributed by atoms with Crippen LogP contribution in [0.4, 0.5) is 11.4 Å². The Balaban J connectivity index is 1.70.